The molecule has 1 heterocycles. The Morgan fingerprint density at radius 2 is 2.11 bits per heavy atom. The smallest absolute Gasteiger partial charge is 0.237 e. The Bertz CT molecular complexity index is 348. The van der Waals surface area contributed by atoms with E-state index in [9.17, 15) is 9.90 Å². The van der Waals surface area contributed by atoms with Crippen molar-refractivity contribution >= 4 is 5.91 Å². The minimum atomic E-state index is -0.384. The number of likely N-dealkylation sites (tertiary alicyclic amines) is 1. The quantitative estimate of drug-likeness (QED) is 0.711. The Balaban J connectivity index is 2.25. The highest BCUT2D eigenvalue weighted by molar-refractivity contribution is 5.82. The van der Waals surface area contributed by atoms with E-state index in [0.717, 1.165) is 0 Å². The number of nitrogens with one attached hydrogen (secondary N) is 1. The van der Waals surface area contributed by atoms with Crippen LogP contribution in [-0.4, -0.2) is 48.2 Å². The predicted molar refractivity (Wildman–Crippen MR) is 73.1 cm³/mol. The number of carbonyl (C=O) groups is 1. The number of nitrogens with zero attached hydrogens (tertiary/aromatic N) is 1. The second-order valence-electron chi connectivity index (χ2n) is 4.43. The van der Waals surface area contributed by atoms with Crippen molar-refractivity contribution < 1.29 is 9.90 Å². The maximum Gasteiger partial charge on any atom is 0.237 e. The SMILES string of the molecule is C\C=C/C=C\C=C\CNC(=O)C1CC(O)CN1C. The summed E-state index contributed by atoms with van der Waals surface area (Å²) < 4.78 is 0. The molecule has 0 aromatic carbocycles. The summed E-state index contributed by atoms with van der Waals surface area (Å²) in [5.41, 5.74) is 0. The van der Waals surface area contributed by atoms with E-state index in [1.54, 1.807) is 0 Å². The van der Waals surface area contributed by atoms with E-state index in [-0.39, 0.29) is 18.1 Å². The molecule has 0 aromatic heterocycles. The topological polar surface area (TPSA) is 52.6 Å². The molecule has 0 radical (unpaired) electrons. The van der Waals surface area contributed by atoms with E-state index in [0.29, 0.717) is 19.5 Å². The Kier molecular flexibility index (Phi) is 6.39. The molecule has 4 nitrogen and oxygen atoms in total. The van der Waals surface area contributed by atoms with Crippen molar-refractivity contribution in [3.05, 3.63) is 36.5 Å². The Labute approximate surface area is 109 Å². The standard InChI is InChI=1S/C14H22N2O2/c1-3-4-5-6-7-8-9-15-14(18)13-10-12(17)11-16(13)2/h3-8,12-13,17H,9-11H2,1-2H3,(H,15,18)/b4-3-,6-5-,8-7+. The lowest BCUT2D eigenvalue weighted by Crippen LogP contribution is -2.41. The van der Waals surface area contributed by atoms with Gasteiger partial charge in [-0.3, -0.25) is 9.69 Å². The van der Waals surface area contributed by atoms with Crippen molar-refractivity contribution in [1.29, 1.82) is 0 Å². The Hall–Kier alpha value is -1.39. The molecule has 0 aromatic rings. The van der Waals surface area contributed by atoms with Gasteiger partial charge in [0.25, 0.3) is 0 Å². The summed E-state index contributed by atoms with van der Waals surface area (Å²) in [5, 5.41) is 12.3. The van der Waals surface area contributed by atoms with Crippen LogP contribution in [0.15, 0.2) is 36.5 Å². The predicted octanol–water partition coefficient (Wildman–Crippen LogP) is 0.856. The molecule has 1 amide bonds. The highest BCUT2D eigenvalue weighted by Gasteiger charge is 2.32. The molecule has 0 bridgehead atoms. The van der Waals surface area contributed by atoms with Crippen LogP contribution in [0.4, 0.5) is 0 Å². The Morgan fingerprint density at radius 3 is 2.72 bits per heavy atom. The average molecular weight is 250 g/mol. The summed E-state index contributed by atoms with van der Waals surface area (Å²) in [7, 11) is 1.86. The second-order valence-corrected chi connectivity index (χ2v) is 4.43. The molecule has 2 atom stereocenters. The molecule has 1 aliphatic rings. The average Bonchev–Trinajstić information content (AvgIpc) is 2.67. The van der Waals surface area contributed by atoms with E-state index >= 15 is 0 Å². The van der Waals surface area contributed by atoms with Crippen molar-refractivity contribution in [2.24, 2.45) is 0 Å². The van der Waals surface area contributed by atoms with Crippen molar-refractivity contribution in [2.75, 3.05) is 20.1 Å². The van der Waals surface area contributed by atoms with Gasteiger partial charge in [-0.05, 0) is 20.4 Å². The first-order valence-electron chi connectivity index (χ1n) is 6.25. The molecule has 1 fully saturated rings. The van der Waals surface area contributed by atoms with Gasteiger partial charge in [-0.25, -0.2) is 0 Å². The van der Waals surface area contributed by atoms with Gasteiger partial charge >= 0.3 is 0 Å². The first-order valence-corrected chi connectivity index (χ1v) is 6.25. The van der Waals surface area contributed by atoms with E-state index in [4.69, 9.17) is 0 Å². The molecule has 4 heteroatoms. The third-order valence-corrected chi connectivity index (χ3v) is 2.88. The largest absolute Gasteiger partial charge is 0.392 e. The molecule has 1 saturated heterocycles. The summed E-state index contributed by atoms with van der Waals surface area (Å²) in [5.74, 6) is -0.0175. The fraction of sp³-hybridized carbons (Fsp3) is 0.500. The zero-order valence-corrected chi connectivity index (χ0v) is 11.0. The highest BCUT2D eigenvalue weighted by Crippen LogP contribution is 2.15. The molecular formula is C14H22N2O2. The molecule has 2 unspecified atom stereocenters. The number of hydrogen-bond donors (Lipinski definition) is 2. The van der Waals surface area contributed by atoms with Gasteiger partial charge in [-0.15, -0.1) is 0 Å². The number of rotatable bonds is 5. The zero-order valence-electron chi connectivity index (χ0n) is 11.0. The van der Waals surface area contributed by atoms with Gasteiger partial charge in [0.15, 0.2) is 0 Å². The van der Waals surface area contributed by atoms with Crippen LogP contribution in [0.5, 0.6) is 0 Å². The van der Waals surface area contributed by atoms with Crippen molar-refractivity contribution in [3.63, 3.8) is 0 Å². The van der Waals surface area contributed by atoms with Crippen LogP contribution in [0.25, 0.3) is 0 Å². The van der Waals surface area contributed by atoms with Gasteiger partial charge in [0.2, 0.25) is 5.91 Å². The van der Waals surface area contributed by atoms with Crippen LogP contribution < -0.4 is 5.32 Å². The third-order valence-electron chi connectivity index (χ3n) is 2.88. The lowest BCUT2D eigenvalue weighted by molar-refractivity contribution is -0.124. The van der Waals surface area contributed by atoms with Crippen LogP contribution in [0.3, 0.4) is 0 Å². The Morgan fingerprint density at radius 1 is 1.39 bits per heavy atom. The van der Waals surface area contributed by atoms with Gasteiger partial charge in [0.05, 0.1) is 12.1 Å². The van der Waals surface area contributed by atoms with Crippen LogP contribution in [0.2, 0.25) is 0 Å². The third kappa shape index (κ3) is 4.85. The monoisotopic (exact) mass is 250 g/mol. The number of aliphatic hydroxyl groups excluding tert-OH is 1. The van der Waals surface area contributed by atoms with E-state index in [1.807, 2.05) is 55.3 Å². The summed E-state index contributed by atoms with van der Waals surface area (Å²) in [6, 6.07) is -0.202. The molecule has 18 heavy (non-hydrogen) atoms. The molecule has 2 N–H and O–H groups in total. The van der Waals surface area contributed by atoms with Crippen LogP contribution in [-0.2, 0) is 4.79 Å². The molecule has 1 aliphatic heterocycles. The molecule has 0 aliphatic carbocycles. The zero-order chi connectivity index (χ0) is 13.4. The maximum absolute atomic E-state index is 11.8. The number of likely N-dealkylation sites (N-methyl/N-ethyl adjacent to an activating group) is 1. The number of carbonyl (C=O) groups excluding carboxylic acids is 1. The second kappa shape index (κ2) is 7.84. The van der Waals surface area contributed by atoms with Gasteiger partial charge in [-0.2, -0.15) is 0 Å². The fourth-order valence-electron chi connectivity index (χ4n) is 1.94. The minimum absolute atomic E-state index is 0.0175. The van der Waals surface area contributed by atoms with Gasteiger partial charge in [-0.1, -0.05) is 36.5 Å². The summed E-state index contributed by atoms with van der Waals surface area (Å²) in [6.45, 7) is 3.04. The number of β-amino-alcohol motifs (C(OH)–C–C–N with tert-alkyl or cyclic N) is 1. The number of hydrogen-bond acceptors (Lipinski definition) is 3. The van der Waals surface area contributed by atoms with E-state index in [2.05, 4.69) is 5.32 Å². The van der Waals surface area contributed by atoms with Gasteiger partial charge < -0.3 is 10.4 Å². The molecule has 1 rings (SSSR count). The van der Waals surface area contributed by atoms with Gasteiger partial charge in [0.1, 0.15) is 0 Å². The summed E-state index contributed by atoms with van der Waals surface area (Å²) in [4.78, 5) is 13.7. The summed E-state index contributed by atoms with van der Waals surface area (Å²) >= 11 is 0. The number of aliphatic hydroxyl groups is 1. The van der Waals surface area contributed by atoms with Crippen molar-refractivity contribution in [1.82, 2.24) is 10.2 Å². The first kappa shape index (κ1) is 14.7. The summed E-state index contributed by atoms with van der Waals surface area (Å²) in [6.07, 6.45) is 11.7. The van der Waals surface area contributed by atoms with Crippen LogP contribution in [0.1, 0.15) is 13.3 Å². The molecule has 100 valence electrons. The highest BCUT2D eigenvalue weighted by atomic mass is 16.3. The van der Waals surface area contributed by atoms with E-state index < -0.39 is 0 Å². The lowest BCUT2D eigenvalue weighted by Gasteiger charge is -2.17. The molecule has 0 spiro atoms. The molecule has 0 saturated carbocycles. The van der Waals surface area contributed by atoms with Crippen LogP contribution >= 0.6 is 0 Å². The maximum atomic E-state index is 11.8. The normalized spacial score (nSPS) is 25.7. The fourth-order valence-corrected chi connectivity index (χ4v) is 1.94. The lowest BCUT2D eigenvalue weighted by atomic mass is 10.2. The van der Waals surface area contributed by atoms with Crippen LogP contribution in [0, 0.1) is 0 Å². The van der Waals surface area contributed by atoms with Gasteiger partial charge in [0, 0.05) is 13.1 Å². The van der Waals surface area contributed by atoms with E-state index in [1.165, 1.54) is 0 Å². The number of allylic oxidation sites excluding steroid dienone is 5. The minimum Gasteiger partial charge on any atom is -0.392 e. The number of amides is 1. The van der Waals surface area contributed by atoms with Crippen molar-refractivity contribution in [2.45, 2.75) is 25.5 Å². The first-order chi connectivity index (χ1) is 8.65. The molecular weight excluding hydrogens is 228 g/mol. The van der Waals surface area contributed by atoms with Crippen molar-refractivity contribution in [3.8, 4) is 0 Å².